The third-order valence-electron chi connectivity index (χ3n) is 4.58. The maximum absolute atomic E-state index is 11.5. The fourth-order valence-electron chi connectivity index (χ4n) is 3.11. The van der Waals surface area contributed by atoms with E-state index in [4.69, 9.17) is 10.5 Å². The highest BCUT2D eigenvalue weighted by molar-refractivity contribution is 5.75. The van der Waals surface area contributed by atoms with Crippen molar-refractivity contribution in [3.63, 3.8) is 0 Å². The van der Waals surface area contributed by atoms with Gasteiger partial charge in [0.25, 0.3) is 0 Å². The molecule has 1 rings (SSSR count). The Morgan fingerprint density at radius 3 is 2.30 bits per heavy atom. The van der Waals surface area contributed by atoms with Gasteiger partial charge in [0.15, 0.2) is 0 Å². The lowest BCUT2D eigenvalue weighted by Crippen LogP contribution is -2.66. The Morgan fingerprint density at radius 1 is 1.35 bits per heavy atom. The van der Waals surface area contributed by atoms with Crippen molar-refractivity contribution >= 4 is 11.9 Å². The van der Waals surface area contributed by atoms with Crippen LogP contribution < -0.4 is 11.1 Å². The number of esters is 1. The molecule has 0 bridgehead atoms. The standard InChI is InChI=1S/C15H28N2O3/c1-5-11(6-2)7-13(17-10(3)18)15(16)8-12(9-15)14(19)20-4/h11-13H,5-9,16H2,1-4H3,(H,17,18). The summed E-state index contributed by atoms with van der Waals surface area (Å²) < 4.78 is 4.75. The fraction of sp³-hybridized carbons (Fsp3) is 0.867. The van der Waals surface area contributed by atoms with E-state index in [0.717, 1.165) is 19.3 Å². The predicted octanol–water partition coefficient (Wildman–Crippen LogP) is 1.60. The lowest BCUT2D eigenvalue weighted by molar-refractivity contribution is -0.151. The molecule has 1 unspecified atom stereocenters. The van der Waals surface area contributed by atoms with Gasteiger partial charge in [0.2, 0.25) is 5.91 Å². The van der Waals surface area contributed by atoms with Crippen LogP contribution in [0.25, 0.3) is 0 Å². The van der Waals surface area contributed by atoms with Gasteiger partial charge in [0.05, 0.1) is 13.0 Å². The highest BCUT2D eigenvalue weighted by Gasteiger charge is 2.50. The monoisotopic (exact) mass is 284 g/mol. The van der Waals surface area contributed by atoms with Crippen molar-refractivity contribution in [2.75, 3.05) is 7.11 Å². The molecule has 20 heavy (non-hydrogen) atoms. The lowest BCUT2D eigenvalue weighted by Gasteiger charge is -2.49. The SMILES string of the molecule is CCC(CC)CC(NC(C)=O)C1(N)CC(C(=O)OC)C1. The lowest BCUT2D eigenvalue weighted by atomic mass is 9.63. The number of carbonyl (C=O) groups is 2. The molecule has 1 amide bonds. The molecule has 0 aromatic carbocycles. The second kappa shape index (κ2) is 7.07. The van der Waals surface area contributed by atoms with Crippen LogP contribution >= 0.6 is 0 Å². The van der Waals surface area contributed by atoms with Gasteiger partial charge in [-0.3, -0.25) is 9.59 Å². The first-order valence-corrected chi connectivity index (χ1v) is 7.50. The van der Waals surface area contributed by atoms with Gasteiger partial charge in [-0.05, 0) is 25.2 Å². The molecule has 1 aliphatic rings. The van der Waals surface area contributed by atoms with Crippen molar-refractivity contribution in [3.8, 4) is 0 Å². The number of hydrogen-bond donors (Lipinski definition) is 2. The minimum atomic E-state index is -0.479. The zero-order valence-corrected chi connectivity index (χ0v) is 13.1. The number of hydrogen-bond acceptors (Lipinski definition) is 4. The molecule has 5 nitrogen and oxygen atoms in total. The average molecular weight is 284 g/mol. The number of rotatable bonds is 7. The zero-order valence-electron chi connectivity index (χ0n) is 13.1. The molecular weight excluding hydrogens is 256 g/mol. The minimum Gasteiger partial charge on any atom is -0.469 e. The van der Waals surface area contributed by atoms with Crippen LogP contribution in [-0.2, 0) is 14.3 Å². The Kier molecular flexibility index (Phi) is 5.99. The molecule has 0 aliphatic heterocycles. The van der Waals surface area contributed by atoms with Crippen molar-refractivity contribution in [2.24, 2.45) is 17.6 Å². The number of nitrogens with one attached hydrogen (secondary N) is 1. The number of amides is 1. The van der Waals surface area contributed by atoms with Crippen molar-refractivity contribution in [3.05, 3.63) is 0 Å². The van der Waals surface area contributed by atoms with Gasteiger partial charge in [0.1, 0.15) is 0 Å². The van der Waals surface area contributed by atoms with E-state index in [-0.39, 0.29) is 23.8 Å². The molecule has 0 aromatic heterocycles. The summed E-state index contributed by atoms with van der Waals surface area (Å²) in [6.45, 7) is 5.82. The summed E-state index contributed by atoms with van der Waals surface area (Å²) >= 11 is 0. The van der Waals surface area contributed by atoms with E-state index >= 15 is 0 Å². The van der Waals surface area contributed by atoms with Gasteiger partial charge < -0.3 is 15.8 Å². The molecule has 1 aliphatic carbocycles. The third-order valence-corrected chi connectivity index (χ3v) is 4.58. The van der Waals surface area contributed by atoms with Crippen molar-refractivity contribution in [1.82, 2.24) is 5.32 Å². The Bertz CT molecular complexity index is 347. The normalized spacial score (nSPS) is 26.8. The van der Waals surface area contributed by atoms with Gasteiger partial charge in [-0.25, -0.2) is 0 Å². The van der Waals surface area contributed by atoms with Crippen LogP contribution in [0.2, 0.25) is 0 Å². The summed E-state index contributed by atoms with van der Waals surface area (Å²) in [5, 5.41) is 2.98. The molecule has 0 radical (unpaired) electrons. The van der Waals surface area contributed by atoms with E-state index in [9.17, 15) is 9.59 Å². The van der Waals surface area contributed by atoms with Crippen LogP contribution in [0.3, 0.4) is 0 Å². The molecule has 5 heteroatoms. The molecule has 1 saturated carbocycles. The third kappa shape index (κ3) is 3.95. The van der Waals surface area contributed by atoms with Crippen LogP contribution in [-0.4, -0.2) is 30.6 Å². The van der Waals surface area contributed by atoms with Crippen LogP contribution in [0.15, 0.2) is 0 Å². The van der Waals surface area contributed by atoms with Gasteiger partial charge in [-0.15, -0.1) is 0 Å². The van der Waals surface area contributed by atoms with E-state index in [1.807, 2.05) is 0 Å². The summed E-state index contributed by atoms with van der Waals surface area (Å²) in [5.74, 6) is 0.162. The van der Waals surface area contributed by atoms with E-state index in [0.29, 0.717) is 18.8 Å². The van der Waals surface area contributed by atoms with Crippen LogP contribution in [0.1, 0.15) is 52.9 Å². The highest BCUT2D eigenvalue weighted by Crippen LogP contribution is 2.41. The van der Waals surface area contributed by atoms with Crippen molar-refractivity contribution in [2.45, 2.75) is 64.5 Å². The van der Waals surface area contributed by atoms with Gasteiger partial charge in [-0.2, -0.15) is 0 Å². The number of carbonyl (C=O) groups excluding carboxylic acids is 2. The first-order valence-electron chi connectivity index (χ1n) is 7.50. The van der Waals surface area contributed by atoms with E-state index in [1.54, 1.807) is 0 Å². The van der Waals surface area contributed by atoms with E-state index in [2.05, 4.69) is 19.2 Å². The summed E-state index contributed by atoms with van der Waals surface area (Å²) in [6, 6.07) is -0.0641. The largest absolute Gasteiger partial charge is 0.469 e. The smallest absolute Gasteiger partial charge is 0.308 e. The fourth-order valence-corrected chi connectivity index (χ4v) is 3.11. The molecule has 0 spiro atoms. The van der Waals surface area contributed by atoms with Gasteiger partial charge >= 0.3 is 5.97 Å². The maximum Gasteiger partial charge on any atom is 0.308 e. The molecular formula is C15H28N2O3. The van der Waals surface area contributed by atoms with E-state index < -0.39 is 5.54 Å². The summed E-state index contributed by atoms with van der Waals surface area (Å²) in [4.78, 5) is 22.9. The molecule has 0 aromatic rings. The molecule has 3 N–H and O–H groups in total. The van der Waals surface area contributed by atoms with E-state index in [1.165, 1.54) is 14.0 Å². The summed E-state index contributed by atoms with van der Waals surface area (Å²) in [5.41, 5.74) is 5.93. The first kappa shape index (κ1) is 17.0. The Balaban J connectivity index is 2.69. The van der Waals surface area contributed by atoms with Crippen LogP contribution in [0.4, 0.5) is 0 Å². The molecule has 0 heterocycles. The van der Waals surface area contributed by atoms with Crippen LogP contribution in [0, 0.1) is 11.8 Å². The topological polar surface area (TPSA) is 81.4 Å². The summed E-state index contributed by atoms with van der Waals surface area (Å²) in [7, 11) is 1.40. The van der Waals surface area contributed by atoms with Crippen molar-refractivity contribution < 1.29 is 14.3 Å². The number of methoxy groups -OCH3 is 1. The van der Waals surface area contributed by atoms with Crippen molar-refractivity contribution in [1.29, 1.82) is 0 Å². The second-order valence-electron chi connectivity index (χ2n) is 6.03. The minimum absolute atomic E-state index is 0.0627. The summed E-state index contributed by atoms with van der Waals surface area (Å²) in [6.07, 6.45) is 4.19. The Labute approximate surface area is 121 Å². The maximum atomic E-state index is 11.5. The molecule has 1 atom stereocenters. The zero-order chi connectivity index (χ0) is 15.3. The number of ether oxygens (including phenoxy) is 1. The van der Waals surface area contributed by atoms with Crippen LogP contribution in [0.5, 0.6) is 0 Å². The molecule has 0 saturated heterocycles. The Morgan fingerprint density at radius 2 is 1.90 bits per heavy atom. The Hall–Kier alpha value is -1.10. The van der Waals surface area contributed by atoms with Gasteiger partial charge in [0, 0.05) is 18.5 Å². The molecule has 116 valence electrons. The second-order valence-corrected chi connectivity index (χ2v) is 6.03. The molecule has 1 fully saturated rings. The first-order chi connectivity index (χ1) is 9.36. The average Bonchev–Trinajstić information content (AvgIpc) is 2.38. The predicted molar refractivity (Wildman–Crippen MR) is 78.0 cm³/mol. The number of nitrogens with two attached hydrogens (primary N) is 1. The highest BCUT2D eigenvalue weighted by atomic mass is 16.5. The quantitative estimate of drug-likeness (QED) is 0.696. The van der Waals surface area contributed by atoms with Gasteiger partial charge in [-0.1, -0.05) is 26.7 Å².